The number of hydrogen-bond acceptors (Lipinski definition) is 15. The Hall–Kier alpha value is -9.61. The summed E-state index contributed by atoms with van der Waals surface area (Å²) in [5.74, 6) is -4.83. The summed E-state index contributed by atoms with van der Waals surface area (Å²) in [6.07, 6.45) is 4.38. The van der Waals surface area contributed by atoms with Gasteiger partial charge in [0.1, 0.15) is 11.7 Å². The number of amides is 7. The summed E-state index contributed by atoms with van der Waals surface area (Å²) in [4.78, 5) is 136. The molecule has 0 saturated carbocycles. The summed E-state index contributed by atoms with van der Waals surface area (Å²) >= 11 is 9.62. The zero-order chi connectivity index (χ0) is 66.2. The number of hydroxylamine groups is 4. The molecular formula is C64H64Br3N11O14. The van der Waals surface area contributed by atoms with Gasteiger partial charge in [0.05, 0.1) is 27.7 Å². The van der Waals surface area contributed by atoms with Gasteiger partial charge in [0.25, 0.3) is 35.4 Å². The van der Waals surface area contributed by atoms with Crippen molar-refractivity contribution in [2.75, 3.05) is 28.6 Å². The van der Waals surface area contributed by atoms with E-state index < -0.39 is 53.4 Å². The van der Waals surface area contributed by atoms with E-state index >= 15 is 0 Å². The number of imide groups is 2. The van der Waals surface area contributed by atoms with Crippen LogP contribution in [0.2, 0.25) is 0 Å². The van der Waals surface area contributed by atoms with Gasteiger partial charge in [-0.25, -0.2) is 19.4 Å². The topological polar surface area (TPSA) is 383 Å². The van der Waals surface area contributed by atoms with E-state index in [1.165, 1.54) is 30.3 Å². The fraction of sp³-hybridized carbons (Fsp3) is 0.234. The molecule has 0 aliphatic carbocycles. The molecule has 0 spiro atoms. The van der Waals surface area contributed by atoms with Crippen LogP contribution in [-0.2, 0) is 43.4 Å². The number of para-hydroxylation sites is 4. The Morgan fingerprint density at radius 3 is 1.37 bits per heavy atom. The van der Waals surface area contributed by atoms with Crippen LogP contribution in [-0.4, -0.2) is 119 Å². The number of aromatic carboxylic acids is 2. The molecule has 4 aliphatic heterocycles. The average molecular weight is 1450 g/mol. The predicted octanol–water partition coefficient (Wildman–Crippen LogP) is 10.8. The van der Waals surface area contributed by atoms with E-state index in [-0.39, 0.29) is 70.6 Å². The molecule has 6 aromatic carbocycles. The van der Waals surface area contributed by atoms with E-state index in [2.05, 4.69) is 99.1 Å². The Morgan fingerprint density at radius 2 is 0.935 bits per heavy atom. The number of hydrogen-bond donors (Lipinski definition) is 6. The van der Waals surface area contributed by atoms with Crippen molar-refractivity contribution in [2.45, 2.75) is 85.1 Å². The van der Waals surface area contributed by atoms with Crippen LogP contribution in [0.4, 0.5) is 17.3 Å². The van der Waals surface area contributed by atoms with Gasteiger partial charge < -0.3 is 47.0 Å². The molecule has 92 heavy (non-hydrogen) atoms. The summed E-state index contributed by atoms with van der Waals surface area (Å²) in [5, 5.41) is 26.2. The summed E-state index contributed by atoms with van der Waals surface area (Å²) in [6, 6.07) is 36.9. The Bertz CT molecular complexity index is 4010. The number of amidine groups is 2. The van der Waals surface area contributed by atoms with Crippen LogP contribution in [0.5, 0.6) is 0 Å². The Labute approximate surface area is 552 Å². The highest BCUT2D eigenvalue weighted by Gasteiger charge is 2.34. The summed E-state index contributed by atoms with van der Waals surface area (Å²) in [5.41, 5.74) is 18.3. The zero-order valence-electron chi connectivity index (χ0n) is 50.0. The average Bonchev–Trinajstić information content (AvgIpc) is 1.76. The number of nitrogens with zero attached hydrogens (tertiary/aromatic N) is 8. The second-order valence-electron chi connectivity index (χ2n) is 20.4. The van der Waals surface area contributed by atoms with Crippen molar-refractivity contribution in [3.05, 3.63) is 185 Å². The van der Waals surface area contributed by atoms with Crippen molar-refractivity contribution < 1.29 is 68.2 Å². The van der Waals surface area contributed by atoms with Crippen molar-refractivity contribution in [2.24, 2.45) is 15.7 Å². The number of nitrogen functional groups attached to an aromatic ring is 1. The van der Waals surface area contributed by atoms with Crippen LogP contribution >= 0.6 is 47.8 Å². The fourth-order valence-corrected chi connectivity index (χ4v) is 11.1. The largest absolute Gasteiger partial charge is 0.478 e. The Morgan fingerprint density at radius 1 is 0.543 bits per heavy atom. The predicted molar refractivity (Wildman–Crippen MR) is 353 cm³/mol. The van der Waals surface area contributed by atoms with Gasteiger partial charge in [-0.05, 0) is 109 Å². The molecule has 5 heterocycles. The molecule has 4 aliphatic rings. The first-order valence-corrected chi connectivity index (χ1v) is 30.8. The van der Waals surface area contributed by atoms with Gasteiger partial charge in [0.15, 0.2) is 0 Å². The molecule has 11 rings (SSSR count). The molecule has 2 fully saturated rings. The van der Waals surface area contributed by atoms with Crippen LogP contribution in [0.15, 0.2) is 151 Å². The van der Waals surface area contributed by atoms with Crippen LogP contribution in [0, 0.1) is 0 Å². The summed E-state index contributed by atoms with van der Waals surface area (Å²) in [7, 11) is 0. The monoisotopic (exact) mass is 1450 g/mol. The number of aliphatic imine (C=N–C) groups is 2. The second kappa shape index (κ2) is 32.9. The number of benzene rings is 6. The maximum atomic E-state index is 13.0. The number of fused-ring (bicyclic) bond motifs is 3. The number of imidazole rings is 1. The third-order valence-electron chi connectivity index (χ3n) is 13.8. The molecule has 0 bridgehead atoms. The molecule has 0 radical (unpaired) electrons. The van der Waals surface area contributed by atoms with Gasteiger partial charge in [-0.3, -0.25) is 38.8 Å². The van der Waals surface area contributed by atoms with E-state index in [1.54, 1.807) is 18.2 Å². The van der Waals surface area contributed by atoms with Gasteiger partial charge in [-0.15, -0.1) is 5.06 Å². The number of carbonyl (C=O) groups is 10. The second-order valence-corrected chi connectivity index (χ2v) is 23.2. The van der Waals surface area contributed by atoms with E-state index in [0.29, 0.717) is 48.7 Å². The lowest BCUT2D eigenvalue weighted by Crippen LogP contribution is -2.32. The molecule has 25 nitrogen and oxygen atoms in total. The van der Waals surface area contributed by atoms with Gasteiger partial charge in [-0.1, -0.05) is 117 Å². The van der Waals surface area contributed by atoms with E-state index in [9.17, 15) is 47.9 Å². The lowest BCUT2D eigenvalue weighted by molar-refractivity contribution is -0.173. The van der Waals surface area contributed by atoms with Gasteiger partial charge in [-0.2, -0.15) is 15.0 Å². The molecule has 10 N–H and O–H groups in total. The molecule has 7 amide bonds. The third-order valence-corrected chi connectivity index (χ3v) is 15.2. The highest BCUT2D eigenvalue weighted by molar-refractivity contribution is 9.11. The Balaban J connectivity index is 0.000000197. The SMILES string of the molecule is CCCN1C(=NC(=O)c2cc(Br)cc(C(=O)ON3C(=O)CCC3=O)c2)Cc2ccccc21.CCCN1C(=NC(=O)c2cc(Br)cc(C(N)=O)c2)Cc2ccccc21.CCCn1c(N)nc2ccccc21.N.O=C(O)c1cc(Br)cc(C(=O)O)c1.O=C1CCC(=O)N1O. The quantitative estimate of drug-likeness (QED) is 0.0461. The highest BCUT2D eigenvalue weighted by atomic mass is 79.9. The molecule has 0 unspecified atom stereocenters. The van der Waals surface area contributed by atoms with Crippen LogP contribution in [0.25, 0.3) is 11.0 Å². The number of primary amides is 1. The minimum atomic E-state index is -1.15. The molecule has 7 aromatic rings. The van der Waals surface area contributed by atoms with Gasteiger partial charge in [0.2, 0.25) is 11.9 Å². The first-order chi connectivity index (χ1) is 43.4. The lowest BCUT2D eigenvalue weighted by Gasteiger charge is -2.19. The lowest BCUT2D eigenvalue weighted by atomic mass is 10.1. The van der Waals surface area contributed by atoms with Crippen LogP contribution in [0.1, 0.15) is 139 Å². The number of halogens is 3. The fourth-order valence-electron chi connectivity index (χ4n) is 9.60. The number of carbonyl (C=O) groups excluding carboxylic acids is 8. The van der Waals surface area contributed by atoms with Crippen molar-refractivity contribution >= 4 is 147 Å². The molecule has 480 valence electrons. The Kier molecular flexibility index (Phi) is 25.6. The third kappa shape index (κ3) is 18.3. The standard InChI is InChI=1S/C23H20BrN3O5.C19H18BrN3O2.C10H13N3.C8H5BrO4.C4H5NO3.H3N/c1-2-9-26-18-6-4-3-5-14(18)13-19(26)25-22(30)15-10-16(12-17(24)11-15)23(31)32-27-20(28)7-8-21(27)29;1-2-7-23-16-6-4-3-5-12(16)11-17(23)22-19(25)14-8-13(18(21)24)9-15(20)10-14;1-2-7-13-9-6-4-3-5-8(9)12-10(13)11;9-6-2-4(7(10)11)1-5(3-6)8(12)13;6-3-1-2-4(7)5(3)8;/h3-6,10-12H,2,7-9,13H2,1H3;3-6,8-10H,2,7,11H2,1H3,(H2,21,24);3-6H,2,7H2,1H3,(H2,11,12);1-3H,(H,10,11)(H,12,13);8H,1-2H2;1H3. The smallest absolute Gasteiger partial charge is 0.363 e. The van der Waals surface area contributed by atoms with E-state index in [0.717, 1.165) is 84.3 Å². The molecule has 2 saturated heterocycles. The molecule has 1 aromatic heterocycles. The first kappa shape index (κ1) is 71.5. The van der Waals surface area contributed by atoms with Crippen molar-refractivity contribution in [1.29, 1.82) is 0 Å². The summed E-state index contributed by atoms with van der Waals surface area (Å²) < 4.78 is 3.57. The maximum Gasteiger partial charge on any atom is 0.363 e. The number of anilines is 3. The van der Waals surface area contributed by atoms with Crippen LogP contribution in [0.3, 0.4) is 0 Å². The zero-order valence-corrected chi connectivity index (χ0v) is 54.8. The maximum absolute atomic E-state index is 13.0. The first-order valence-electron chi connectivity index (χ1n) is 28.4. The van der Waals surface area contributed by atoms with Gasteiger partial charge in [0, 0.05) is 99.6 Å². The number of nitrogens with two attached hydrogens (primary N) is 2. The number of carboxylic acid groups (broad SMARTS) is 2. The molecule has 28 heteroatoms. The number of aromatic nitrogens is 2. The number of aryl methyl sites for hydroxylation is 1. The van der Waals surface area contributed by atoms with E-state index in [4.69, 9.17) is 31.7 Å². The minimum Gasteiger partial charge on any atom is -0.478 e. The van der Waals surface area contributed by atoms with Crippen LogP contribution < -0.4 is 27.4 Å². The number of rotatable bonds is 13. The van der Waals surface area contributed by atoms with E-state index in [1.807, 2.05) is 71.6 Å². The normalized spacial score (nSPS) is 14.4. The molecular weight excluding hydrogens is 1390 g/mol. The van der Waals surface area contributed by atoms with Crippen molar-refractivity contribution in [3.63, 3.8) is 0 Å². The van der Waals surface area contributed by atoms with Crippen molar-refractivity contribution in [3.8, 4) is 0 Å². The van der Waals surface area contributed by atoms with Gasteiger partial charge >= 0.3 is 17.9 Å². The highest BCUT2D eigenvalue weighted by Crippen LogP contribution is 2.32. The molecule has 0 atom stereocenters. The summed E-state index contributed by atoms with van der Waals surface area (Å²) in [6.45, 7) is 8.75. The van der Waals surface area contributed by atoms with Crippen molar-refractivity contribution in [1.82, 2.24) is 25.8 Å². The minimum absolute atomic E-state index is 0. The number of carboxylic acids is 2.